The minimum Gasteiger partial charge on any atom is -0.298 e. The maximum absolute atomic E-state index is 9.11. The van der Waals surface area contributed by atoms with Crippen molar-refractivity contribution in [3.63, 3.8) is 0 Å². The predicted molar refractivity (Wildman–Crippen MR) is 69.4 cm³/mol. The number of benzene rings is 1. The minimum atomic E-state index is 0.227. The summed E-state index contributed by atoms with van der Waals surface area (Å²) in [5.41, 5.74) is 2.63. The average molecular weight is 228 g/mol. The molecule has 2 rings (SSSR count). The summed E-state index contributed by atoms with van der Waals surface area (Å²) in [6.07, 6.45) is 3.43. The summed E-state index contributed by atoms with van der Waals surface area (Å²) in [5.74, 6) is 0.227. The fraction of sp³-hybridized carbons (Fsp3) is 0.533. The Hall–Kier alpha value is -1.33. The zero-order valence-corrected chi connectivity index (χ0v) is 10.7. The predicted octanol–water partition coefficient (Wildman–Crippen LogP) is 3.12. The van der Waals surface area contributed by atoms with Crippen LogP contribution < -0.4 is 0 Å². The molecule has 0 spiro atoms. The Morgan fingerprint density at radius 1 is 1.29 bits per heavy atom. The van der Waals surface area contributed by atoms with Crippen molar-refractivity contribution in [3.05, 3.63) is 35.4 Å². The van der Waals surface area contributed by atoms with Gasteiger partial charge < -0.3 is 0 Å². The summed E-state index contributed by atoms with van der Waals surface area (Å²) in [7, 11) is 2.14. The molecule has 2 unspecified atom stereocenters. The highest BCUT2D eigenvalue weighted by Gasteiger charge is 2.30. The first-order chi connectivity index (χ1) is 8.20. The van der Waals surface area contributed by atoms with Gasteiger partial charge in [-0.15, -0.1) is 0 Å². The number of nitriles is 1. The molecule has 2 nitrogen and oxygen atoms in total. The van der Waals surface area contributed by atoms with Gasteiger partial charge in [-0.05, 0) is 32.4 Å². The summed E-state index contributed by atoms with van der Waals surface area (Å²) in [6.45, 7) is 3.05. The van der Waals surface area contributed by atoms with E-state index in [0.29, 0.717) is 6.04 Å². The molecule has 0 aromatic heterocycles. The molecule has 0 radical (unpaired) electrons. The second kappa shape index (κ2) is 5.33. The van der Waals surface area contributed by atoms with Crippen LogP contribution in [0.1, 0.15) is 30.4 Å². The van der Waals surface area contributed by atoms with Crippen molar-refractivity contribution >= 4 is 0 Å². The number of hydrogen-bond acceptors (Lipinski definition) is 2. The van der Waals surface area contributed by atoms with E-state index in [1.807, 2.05) is 0 Å². The number of hydrogen-bond donors (Lipinski definition) is 0. The Morgan fingerprint density at radius 3 is 2.65 bits per heavy atom. The van der Waals surface area contributed by atoms with Crippen LogP contribution in [0.2, 0.25) is 0 Å². The van der Waals surface area contributed by atoms with Crippen LogP contribution >= 0.6 is 0 Å². The minimum absolute atomic E-state index is 0.227. The first-order valence-electron chi connectivity index (χ1n) is 6.36. The summed E-state index contributed by atoms with van der Waals surface area (Å²) in [4.78, 5) is 2.34. The van der Waals surface area contributed by atoms with E-state index >= 15 is 0 Å². The quantitative estimate of drug-likeness (QED) is 0.794. The Bertz CT molecular complexity index is 402. The lowest BCUT2D eigenvalue weighted by Crippen LogP contribution is -2.33. The van der Waals surface area contributed by atoms with Gasteiger partial charge in [-0.3, -0.25) is 4.90 Å². The molecule has 1 fully saturated rings. The van der Waals surface area contributed by atoms with Gasteiger partial charge in [0.25, 0.3) is 0 Å². The van der Waals surface area contributed by atoms with Gasteiger partial charge in [0.1, 0.15) is 0 Å². The number of nitrogens with zero attached hydrogens (tertiary/aromatic N) is 2. The molecule has 2 heteroatoms. The molecule has 0 amide bonds. The highest BCUT2D eigenvalue weighted by atomic mass is 15.1. The summed E-state index contributed by atoms with van der Waals surface area (Å²) in [5, 5.41) is 9.11. The van der Waals surface area contributed by atoms with Crippen LogP contribution in [-0.4, -0.2) is 18.0 Å². The highest BCUT2D eigenvalue weighted by Crippen LogP contribution is 2.29. The van der Waals surface area contributed by atoms with E-state index < -0.39 is 0 Å². The summed E-state index contributed by atoms with van der Waals surface area (Å²) >= 11 is 0. The third-order valence-electron chi connectivity index (χ3n) is 3.76. The van der Waals surface area contributed by atoms with Gasteiger partial charge in [-0.1, -0.05) is 36.2 Å². The van der Waals surface area contributed by atoms with E-state index in [1.54, 1.807) is 0 Å². The van der Waals surface area contributed by atoms with E-state index in [-0.39, 0.29) is 5.92 Å². The zero-order chi connectivity index (χ0) is 12.3. The Labute approximate surface area is 104 Å². The third-order valence-corrected chi connectivity index (χ3v) is 3.76. The summed E-state index contributed by atoms with van der Waals surface area (Å²) < 4.78 is 0. The maximum Gasteiger partial charge on any atom is 0.0672 e. The zero-order valence-electron chi connectivity index (χ0n) is 10.7. The van der Waals surface area contributed by atoms with Crippen molar-refractivity contribution in [1.29, 1.82) is 5.26 Å². The van der Waals surface area contributed by atoms with E-state index in [0.717, 1.165) is 13.0 Å². The lowest BCUT2D eigenvalue weighted by molar-refractivity contribution is 0.212. The fourth-order valence-corrected chi connectivity index (χ4v) is 2.72. The normalized spacial score (nSPS) is 23.9. The largest absolute Gasteiger partial charge is 0.298 e. The van der Waals surface area contributed by atoms with E-state index in [4.69, 9.17) is 5.26 Å². The first-order valence-corrected chi connectivity index (χ1v) is 6.36. The molecule has 1 aliphatic rings. The van der Waals surface area contributed by atoms with Crippen molar-refractivity contribution < 1.29 is 0 Å². The van der Waals surface area contributed by atoms with Crippen LogP contribution in [0.5, 0.6) is 0 Å². The molecule has 90 valence electrons. The van der Waals surface area contributed by atoms with Crippen LogP contribution in [0.4, 0.5) is 0 Å². The molecule has 0 N–H and O–H groups in total. The van der Waals surface area contributed by atoms with Crippen molar-refractivity contribution in [1.82, 2.24) is 4.90 Å². The van der Waals surface area contributed by atoms with Crippen molar-refractivity contribution in [2.75, 3.05) is 7.05 Å². The van der Waals surface area contributed by atoms with Gasteiger partial charge in [0.05, 0.1) is 12.0 Å². The first kappa shape index (κ1) is 12.1. The molecule has 1 aliphatic carbocycles. The number of rotatable bonds is 3. The van der Waals surface area contributed by atoms with E-state index in [2.05, 4.69) is 49.2 Å². The standard InChI is InChI=1S/C15H20N2/c1-12-6-8-13(9-7-12)11-17(2)15-5-3-4-14(15)10-16/h6-9,14-15H,3-5,11H2,1-2H3. The topological polar surface area (TPSA) is 27.0 Å². The maximum atomic E-state index is 9.11. The van der Waals surface area contributed by atoms with Gasteiger partial charge >= 0.3 is 0 Å². The molecule has 0 bridgehead atoms. The van der Waals surface area contributed by atoms with Gasteiger partial charge in [-0.25, -0.2) is 0 Å². The molecule has 1 aromatic rings. The number of aryl methyl sites for hydroxylation is 1. The van der Waals surface area contributed by atoms with E-state index in [9.17, 15) is 0 Å². The molecule has 0 heterocycles. The Kier molecular flexibility index (Phi) is 3.81. The average Bonchev–Trinajstić information content (AvgIpc) is 2.80. The Balaban J connectivity index is 1.99. The molecular weight excluding hydrogens is 208 g/mol. The van der Waals surface area contributed by atoms with Gasteiger partial charge in [0.2, 0.25) is 0 Å². The molecule has 1 aromatic carbocycles. The molecule has 17 heavy (non-hydrogen) atoms. The molecule has 2 atom stereocenters. The molecule has 0 aliphatic heterocycles. The van der Waals surface area contributed by atoms with Crippen molar-refractivity contribution in [2.45, 2.75) is 38.8 Å². The lowest BCUT2D eigenvalue weighted by Gasteiger charge is -2.26. The lowest BCUT2D eigenvalue weighted by atomic mass is 10.0. The van der Waals surface area contributed by atoms with Crippen LogP contribution in [0.25, 0.3) is 0 Å². The molecular formula is C15H20N2. The van der Waals surface area contributed by atoms with Gasteiger partial charge in [0, 0.05) is 12.6 Å². The van der Waals surface area contributed by atoms with Crippen LogP contribution in [0.15, 0.2) is 24.3 Å². The Morgan fingerprint density at radius 2 is 2.00 bits per heavy atom. The molecule has 1 saturated carbocycles. The third kappa shape index (κ3) is 2.87. The van der Waals surface area contributed by atoms with Gasteiger partial charge in [0.15, 0.2) is 0 Å². The second-order valence-electron chi connectivity index (χ2n) is 5.13. The van der Waals surface area contributed by atoms with Crippen LogP contribution in [0, 0.1) is 24.2 Å². The van der Waals surface area contributed by atoms with Crippen molar-refractivity contribution in [2.24, 2.45) is 5.92 Å². The van der Waals surface area contributed by atoms with E-state index in [1.165, 1.54) is 24.0 Å². The van der Waals surface area contributed by atoms with Crippen molar-refractivity contribution in [3.8, 4) is 6.07 Å². The SMILES string of the molecule is Cc1ccc(CN(C)C2CCCC2C#N)cc1. The monoisotopic (exact) mass is 228 g/mol. The molecule has 0 saturated heterocycles. The second-order valence-corrected chi connectivity index (χ2v) is 5.13. The smallest absolute Gasteiger partial charge is 0.0672 e. The van der Waals surface area contributed by atoms with Crippen LogP contribution in [-0.2, 0) is 6.54 Å². The fourth-order valence-electron chi connectivity index (χ4n) is 2.72. The van der Waals surface area contributed by atoms with Crippen LogP contribution in [0.3, 0.4) is 0 Å². The van der Waals surface area contributed by atoms with Gasteiger partial charge in [-0.2, -0.15) is 5.26 Å². The summed E-state index contributed by atoms with van der Waals surface area (Å²) in [6, 6.07) is 11.6. The highest BCUT2D eigenvalue weighted by molar-refractivity contribution is 5.21.